The Morgan fingerprint density at radius 3 is 2.75 bits per heavy atom. The molecule has 0 saturated carbocycles. The number of hydrogen-bond donors (Lipinski definition) is 1. The van der Waals surface area contributed by atoms with E-state index in [1.54, 1.807) is 0 Å². The van der Waals surface area contributed by atoms with Crippen LogP contribution in [0.25, 0.3) is 0 Å². The van der Waals surface area contributed by atoms with Crippen molar-refractivity contribution in [2.75, 3.05) is 13.1 Å². The summed E-state index contributed by atoms with van der Waals surface area (Å²) in [5.41, 5.74) is 0. The van der Waals surface area contributed by atoms with Gasteiger partial charge in [-0.2, -0.15) is 0 Å². The number of hydrogen-bond acceptors (Lipinski definition) is 1. The fourth-order valence-electron chi connectivity index (χ4n) is 2.44. The lowest BCUT2D eigenvalue weighted by Gasteiger charge is -2.35. The van der Waals surface area contributed by atoms with Crippen LogP contribution >= 0.6 is 0 Å². The predicted molar refractivity (Wildman–Crippen MR) is 54.2 cm³/mol. The molecule has 0 aromatic carbocycles. The fraction of sp³-hybridized carbons (Fsp3) is 1.00. The first-order chi connectivity index (χ1) is 5.79. The Balaban J connectivity index is 2.46. The Bertz CT molecular complexity index is 122. The molecule has 12 heavy (non-hydrogen) atoms. The van der Waals surface area contributed by atoms with Crippen LogP contribution in [0.15, 0.2) is 0 Å². The van der Waals surface area contributed by atoms with E-state index in [0.717, 1.165) is 17.8 Å². The van der Waals surface area contributed by atoms with Gasteiger partial charge in [0.2, 0.25) is 0 Å². The lowest BCUT2D eigenvalue weighted by atomic mass is 9.76. The van der Waals surface area contributed by atoms with Crippen molar-refractivity contribution in [1.82, 2.24) is 5.32 Å². The maximum Gasteiger partial charge on any atom is -0.00179 e. The molecule has 0 amide bonds. The highest BCUT2D eigenvalue weighted by Crippen LogP contribution is 2.30. The standard InChI is InChI=1S/C11H23N/c1-4-9(3)11-6-7-12-8-10(11)5-2/h9-12H,4-8H2,1-3H3. The third-order valence-corrected chi connectivity index (χ3v) is 3.57. The van der Waals surface area contributed by atoms with E-state index >= 15 is 0 Å². The van der Waals surface area contributed by atoms with E-state index in [2.05, 4.69) is 26.1 Å². The molecular formula is C11H23N. The first-order valence-corrected chi connectivity index (χ1v) is 5.50. The van der Waals surface area contributed by atoms with Crippen molar-refractivity contribution in [3.05, 3.63) is 0 Å². The number of nitrogens with one attached hydrogen (secondary N) is 1. The van der Waals surface area contributed by atoms with Gasteiger partial charge in [-0.25, -0.2) is 0 Å². The van der Waals surface area contributed by atoms with Gasteiger partial charge < -0.3 is 5.32 Å². The van der Waals surface area contributed by atoms with Crippen molar-refractivity contribution in [2.45, 2.75) is 40.0 Å². The summed E-state index contributed by atoms with van der Waals surface area (Å²) in [5, 5.41) is 3.49. The van der Waals surface area contributed by atoms with Crippen LogP contribution in [0.3, 0.4) is 0 Å². The van der Waals surface area contributed by atoms with Crippen LogP contribution in [0.4, 0.5) is 0 Å². The van der Waals surface area contributed by atoms with Gasteiger partial charge in [0, 0.05) is 0 Å². The molecule has 1 heterocycles. The van der Waals surface area contributed by atoms with Crippen LogP contribution in [-0.4, -0.2) is 13.1 Å². The molecule has 1 heteroatoms. The zero-order chi connectivity index (χ0) is 8.97. The van der Waals surface area contributed by atoms with Gasteiger partial charge in [0.25, 0.3) is 0 Å². The Kier molecular flexibility index (Phi) is 4.07. The van der Waals surface area contributed by atoms with Crippen molar-refractivity contribution in [3.63, 3.8) is 0 Å². The Morgan fingerprint density at radius 2 is 2.17 bits per heavy atom. The lowest BCUT2D eigenvalue weighted by Crippen LogP contribution is -2.38. The molecule has 1 rings (SSSR count). The summed E-state index contributed by atoms with van der Waals surface area (Å²) in [5.74, 6) is 2.85. The molecule has 1 aliphatic heterocycles. The molecule has 0 aliphatic carbocycles. The fourth-order valence-corrected chi connectivity index (χ4v) is 2.44. The largest absolute Gasteiger partial charge is 0.316 e. The highest BCUT2D eigenvalue weighted by molar-refractivity contribution is 4.80. The van der Waals surface area contributed by atoms with E-state index in [4.69, 9.17) is 0 Å². The maximum atomic E-state index is 3.49. The Hall–Kier alpha value is -0.0400. The Labute approximate surface area is 76.9 Å². The van der Waals surface area contributed by atoms with Crippen molar-refractivity contribution in [1.29, 1.82) is 0 Å². The second-order valence-electron chi connectivity index (χ2n) is 4.21. The summed E-state index contributed by atoms with van der Waals surface area (Å²) in [6, 6.07) is 0. The van der Waals surface area contributed by atoms with Crippen molar-refractivity contribution >= 4 is 0 Å². The van der Waals surface area contributed by atoms with E-state index in [1.807, 2.05) is 0 Å². The second-order valence-corrected chi connectivity index (χ2v) is 4.21. The van der Waals surface area contributed by atoms with Crippen molar-refractivity contribution in [3.8, 4) is 0 Å². The highest BCUT2D eigenvalue weighted by Gasteiger charge is 2.26. The molecule has 1 fully saturated rings. The molecule has 1 aliphatic rings. The average molecular weight is 169 g/mol. The van der Waals surface area contributed by atoms with Gasteiger partial charge in [-0.15, -0.1) is 0 Å². The van der Waals surface area contributed by atoms with Gasteiger partial charge in [-0.05, 0) is 37.3 Å². The molecule has 0 radical (unpaired) electrons. The molecule has 0 spiro atoms. The molecule has 3 atom stereocenters. The molecule has 3 unspecified atom stereocenters. The summed E-state index contributed by atoms with van der Waals surface area (Å²) in [4.78, 5) is 0. The molecule has 1 nitrogen and oxygen atoms in total. The smallest absolute Gasteiger partial charge is 0.00179 e. The molecular weight excluding hydrogens is 146 g/mol. The third kappa shape index (κ3) is 2.22. The highest BCUT2D eigenvalue weighted by atomic mass is 14.9. The van der Waals surface area contributed by atoms with E-state index in [1.165, 1.54) is 32.4 Å². The predicted octanol–water partition coefficient (Wildman–Crippen LogP) is 2.67. The van der Waals surface area contributed by atoms with Crippen molar-refractivity contribution in [2.24, 2.45) is 17.8 Å². The van der Waals surface area contributed by atoms with Gasteiger partial charge in [0.05, 0.1) is 0 Å². The minimum absolute atomic E-state index is 0.928. The average Bonchev–Trinajstić information content (AvgIpc) is 2.16. The van der Waals surface area contributed by atoms with Gasteiger partial charge >= 0.3 is 0 Å². The van der Waals surface area contributed by atoms with Crippen LogP contribution in [0.1, 0.15) is 40.0 Å². The summed E-state index contributed by atoms with van der Waals surface area (Å²) in [6.07, 6.45) is 4.09. The third-order valence-electron chi connectivity index (χ3n) is 3.57. The van der Waals surface area contributed by atoms with Crippen LogP contribution < -0.4 is 5.32 Å². The lowest BCUT2D eigenvalue weighted by molar-refractivity contribution is 0.176. The van der Waals surface area contributed by atoms with Gasteiger partial charge in [0.1, 0.15) is 0 Å². The van der Waals surface area contributed by atoms with Gasteiger partial charge in [-0.3, -0.25) is 0 Å². The molecule has 72 valence electrons. The second kappa shape index (κ2) is 4.86. The zero-order valence-electron chi connectivity index (χ0n) is 8.77. The first-order valence-electron chi connectivity index (χ1n) is 5.50. The quantitative estimate of drug-likeness (QED) is 0.685. The summed E-state index contributed by atoms with van der Waals surface area (Å²) >= 11 is 0. The minimum atomic E-state index is 0.928. The van der Waals surface area contributed by atoms with E-state index in [0.29, 0.717) is 0 Å². The topological polar surface area (TPSA) is 12.0 Å². The first kappa shape index (κ1) is 10.0. The molecule has 1 N–H and O–H groups in total. The minimum Gasteiger partial charge on any atom is -0.316 e. The molecule has 0 aromatic rings. The molecule has 0 bridgehead atoms. The SMILES string of the molecule is CCC(C)C1CCNCC1CC. The van der Waals surface area contributed by atoms with Crippen LogP contribution in [0.5, 0.6) is 0 Å². The van der Waals surface area contributed by atoms with Crippen molar-refractivity contribution < 1.29 is 0 Å². The summed E-state index contributed by atoms with van der Waals surface area (Å²) < 4.78 is 0. The van der Waals surface area contributed by atoms with E-state index < -0.39 is 0 Å². The normalized spacial score (nSPS) is 33.2. The van der Waals surface area contributed by atoms with Crippen LogP contribution in [-0.2, 0) is 0 Å². The van der Waals surface area contributed by atoms with Crippen LogP contribution in [0.2, 0.25) is 0 Å². The summed E-state index contributed by atoms with van der Waals surface area (Å²) in [7, 11) is 0. The van der Waals surface area contributed by atoms with Gasteiger partial charge in [-0.1, -0.05) is 33.6 Å². The monoisotopic (exact) mass is 169 g/mol. The van der Waals surface area contributed by atoms with Gasteiger partial charge in [0.15, 0.2) is 0 Å². The van der Waals surface area contributed by atoms with E-state index in [-0.39, 0.29) is 0 Å². The Morgan fingerprint density at radius 1 is 1.42 bits per heavy atom. The summed E-state index contributed by atoms with van der Waals surface area (Å²) in [6.45, 7) is 9.56. The number of rotatable bonds is 3. The molecule has 1 saturated heterocycles. The van der Waals surface area contributed by atoms with Crippen LogP contribution in [0, 0.1) is 17.8 Å². The number of piperidine rings is 1. The van der Waals surface area contributed by atoms with E-state index in [9.17, 15) is 0 Å². The zero-order valence-corrected chi connectivity index (χ0v) is 8.77. The maximum absolute atomic E-state index is 3.49. The molecule has 0 aromatic heterocycles.